The summed E-state index contributed by atoms with van der Waals surface area (Å²) in [5.41, 5.74) is 3.41. The van der Waals surface area contributed by atoms with E-state index in [1.54, 1.807) is 18.2 Å². The lowest BCUT2D eigenvalue weighted by atomic mass is 10.0. The lowest BCUT2D eigenvalue weighted by Crippen LogP contribution is -2.38. The van der Waals surface area contributed by atoms with Gasteiger partial charge in [0.05, 0.1) is 12.1 Å². The summed E-state index contributed by atoms with van der Waals surface area (Å²) in [5.74, 6) is -0.331. The first-order chi connectivity index (χ1) is 16.4. The quantitative estimate of drug-likeness (QED) is 0.284. The fourth-order valence-electron chi connectivity index (χ4n) is 3.74. The number of carbonyl (C=O) groups is 1. The predicted octanol–water partition coefficient (Wildman–Crippen LogP) is 5.33. The third kappa shape index (κ3) is 5.50. The lowest BCUT2D eigenvalue weighted by Gasteiger charge is -2.16. The molecule has 0 amide bonds. The maximum absolute atomic E-state index is 13.2. The van der Waals surface area contributed by atoms with Gasteiger partial charge in [0.1, 0.15) is 18.5 Å². The molecular formula is C26H24ClFN2O4. The van der Waals surface area contributed by atoms with Gasteiger partial charge in [-0.05, 0) is 41.5 Å². The Hall–Kier alpha value is -3.55. The molecule has 0 saturated heterocycles. The second-order valence-corrected chi connectivity index (χ2v) is 8.25. The number of H-pyrrole nitrogens is 1. The Morgan fingerprint density at radius 3 is 2.71 bits per heavy atom. The van der Waals surface area contributed by atoms with E-state index in [2.05, 4.69) is 10.3 Å². The summed E-state index contributed by atoms with van der Waals surface area (Å²) in [7, 11) is 1.53. The van der Waals surface area contributed by atoms with Crippen LogP contribution in [0.3, 0.4) is 0 Å². The van der Waals surface area contributed by atoms with Crippen molar-refractivity contribution < 1.29 is 23.8 Å². The van der Waals surface area contributed by atoms with Gasteiger partial charge in [-0.3, -0.25) is 4.79 Å². The summed E-state index contributed by atoms with van der Waals surface area (Å²) in [6.45, 7) is 0.485. The van der Waals surface area contributed by atoms with Gasteiger partial charge in [0.25, 0.3) is 0 Å². The number of nitrogens with one attached hydrogen (secondary N) is 2. The van der Waals surface area contributed by atoms with Crippen molar-refractivity contribution in [2.24, 2.45) is 0 Å². The minimum absolute atomic E-state index is 0.152. The highest BCUT2D eigenvalue weighted by Crippen LogP contribution is 2.30. The van der Waals surface area contributed by atoms with Crippen LogP contribution in [0, 0.1) is 5.82 Å². The molecule has 0 saturated carbocycles. The fourth-order valence-corrected chi connectivity index (χ4v) is 3.97. The Kier molecular flexibility index (Phi) is 7.35. The number of aromatic amines is 1. The average molecular weight is 483 g/mol. The van der Waals surface area contributed by atoms with Crippen molar-refractivity contribution in [3.8, 4) is 11.5 Å². The molecule has 4 rings (SSSR count). The number of carboxylic acid groups (broad SMARTS) is 1. The molecule has 3 aromatic carbocycles. The van der Waals surface area contributed by atoms with Gasteiger partial charge >= 0.3 is 5.97 Å². The zero-order valence-electron chi connectivity index (χ0n) is 18.5. The highest BCUT2D eigenvalue weighted by molar-refractivity contribution is 6.31. The Morgan fingerprint density at radius 1 is 1.12 bits per heavy atom. The van der Waals surface area contributed by atoms with E-state index in [1.807, 2.05) is 36.5 Å². The van der Waals surface area contributed by atoms with Gasteiger partial charge in [0.15, 0.2) is 11.5 Å². The third-order valence-electron chi connectivity index (χ3n) is 5.58. The van der Waals surface area contributed by atoms with Crippen molar-refractivity contribution in [2.75, 3.05) is 7.11 Å². The van der Waals surface area contributed by atoms with Crippen LogP contribution in [0.2, 0.25) is 5.02 Å². The van der Waals surface area contributed by atoms with Gasteiger partial charge in [-0.1, -0.05) is 41.9 Å². The summed E-state index contributed by atoms with van der Waals surface area (Å²) in [4.78, 5) is 15.1. The van der Waals surface area contributed by atoms with Crippen LogP contribution in [0.5, 0.6) is 11.5 Å². The molecule has 6 nitrogen and oxygen atoms in total. The van der Waals surface area contributed by atoms with Crippen LogP contribution in [0.4, 0.5) is 4.39 Å². The van der Waals surface area contributed by atoms with Crippen LogP contribution in [-0.4, -0.2) is 29.2 Å². The van der Waals surface area contributed by atoms with Crippen molar-refractivity contribution >= 4 is 28.5 Å². The van der Waals surface area contributed by atoms with E-state index in [-0.39, 0.29) is 11.6 Å². The third-order valence-corrected chi connectivity index (χ3v) is 5.93. The number of fused-ring (bicyclic) bond motifs is 1. The summed E-state index contributed by atoms with van der Waals surface area (Å²) >= 11 is 6.06. The van der Waals surface area contributed by atoms with Crippen LogP contribution in [0.15, 0.2) is 66.9 Å². The molecule has 0 aliphatic rings. The maximum atomic E-state index is 13.2. The van der Waals surface area contributed by atoms with Gasteiger partial charge in [-0.15, -0.1) is 0 Å². The standard InChI is InChI=1S/C26H24ClFN2O4/c1-33-25-10-16(6-9-24(25)34-15-17-7-8-19(28)12-21(17)27)13-29-23(26(31)32)11-18-14-30-22-5-3-2-4-20(18)22/h2-10,12,14,23,29-30H,11,13,15H2,1H3,(H,31,32)/t23-/m1/s1. The van der Waals surface area contributed by atoms with E-state index >= 15 is 0 Å². The van der Waals surface area contributed by atoms with E-state index in [0.29, 0.717) is 30.0 Å². The Morgan fingerprint density at radius 2 is 1.94 bits per heavy atom. The van der Waals surface area contributed by atoms with Crippen LogP contribution >= 0.6 is 11.6 Å². The largest absolute Gasteiger partial charge is 0.493 e. The number of rotatable bonds is 10. The van der Waals surface area contributed by atoms with Crippen LogP contribution in [0.1, 0.15) is 16.7 Å². The van der Waals surface area contributed by atoms with Crippen molar-refractivity contribution in [3.05, 3.63) is 94.4 Å². The molecular weight excluding hydrogens is 459 g/mol. The Balaban J connectivity index is 1.41. The summed E-state index contributed by atoms with van der Waals surface area (Å²) < 4.78 is 24.5. The highest BCUT2D eigenvalue weighted by atomic mass is 35.5. The first kappa shape index (κ1) is 23.6. The molecule has 1 heterocycles. The average Bonchev–Trinajstić information content (AvgIpc) is 3.24. The maximum Gasteiger partial charge on any atom is 0.321 e. The Bertz CT molecular complexity index is 1310. The zero-order chi connectivity index (χ0) is 24.1. The fraction of sp³-hybridized carbons (Fsp3) is 0.192. The number of benzene rings is 3. The number of aromatic nitrogens is 1. The first-order valence-corrected chi connectivity index (χ1v) is 11.1. The number of carboxylic acids is 1. The lowest BCUT2D eigenvalue weighted by molar-refractivity contribution is -0.139. The monoisotopic (exact) mass is 482 g/mol. The molecule has 0 aliphatic heterocycles. The summed E-state index contributed by atoms with van der Waals surface area (Å²) in [6, 6.07) is 16.6. The normalized spacial score (nSPS) is 12.0. The number of para-hydroxylation sites is 1. The number of hydrogen-bond acceptors (Lipinski definition) is 4. The van der Waals surface area contributed by atoms with E-state index in [4.69, 9.17) is 21.1 Å². The van der Waals surface area contributed by atoms with Crippen LogP contribution in [0.25, 0.3) is 10.9 Å². The van der Waals surface area contributed by atoms with Crippen LogP contribution < -0.4 is 14.8 Å². The second-order valence-electron chi connectivity index (χ2n) is 7.84. The van der Waals surface area contributed by atoms with Crippen molar-refractivity contribution in [3.63, 3.8) is 0 Å². The molecule has 0 unspecified atom stereocenters. The van der Waals surface area contributed by atoms with E-state index in [9.17, 15) is 14.3 Å². The van der Waals surface area contributed by atoms with Gasteiger partial charge in [-0.2, -0.15) is 0 Å². The first-order valence-electron chi connectivity index (χ1n) is 10.7. The van der Waals surface area contributed by atoms with Gasteiger partial charge in [0.2, 0.25) is 0 Å². The molecule has 0 fully saturated rings. The molecule has 34 heavy (non-hydrogen) atoms. The summed E-state index contributed by atoms with van der Waals surface area (Å²) in [5, 5.41) is 14.2. The molecule has 176 valence electrons. The number of halogens is 2. The minimum atomic E-state index is -0.923. The van der Waals surface area contributed by atoms with E-state index in [0.717, 1.165) is 22.0 Å². The van der Waals surface area contributed by atoms with Crippen LogP contribution in [-0.2, 0) is 24.4 Å². The molecule has 0 spiro atoms. The molecule has 3 N–H and O–H groups in total. The minimum Gasteiger partial charge on any atom is -0.493 e. The number of methoxy groups -OCH3 is 1. The topological polar surface area (TPSA) is 83.6 Å². The zero-order valence-corrected chi connectivity index (χ0v) is 19.2. The smallest absolute Gasteiger partial charge is 0.321 e. The van der Waals surface area contributed by atoms with Gasteiger partial charge in [0, 0.05) is 35.6 Å². The molecule has 1 aromatic heterocycles. The Labute approximate surface area is 201 Å². The highest BCUT2D eigenvalue weighted by Gasteiger charge is 2.19. The van der Waals surface area contributed by atoms with Crippen molar-refractivity contribution in [2.45, 2.75) is 25.6 Å². The van der Waals surface area contributed by atoms with E-state index < -0.39 is 17.8 Å². The summed E-state index contributed by atoms with van der Waals surface area (Å²) in [6.07, 6.45) is 2.20. The molecule has 0 radical (unpaired) electrons. The predicted molar refractivity (Wildman–Crippen MR) is 129 cm³/mol. The van der Waals surface area contributed by atoms with Gasteiger partial charge in [-0.25, -0.2) is 4.39 Å². The molecule has 0 aliphatic carbocycles. The molecule has 1 atom stereocenters. The van der Waals surface area contributed by atoms with Gasteiger partial charge < -0.3 is 24.9 Å². The SMILES string of the molecule is COc1cc(CN[C@H](Cc2c[nH]c3ccccc23)C(=O)O)ccc1OCc1ccc(F)cc1Cl. The molecule has 0 bridgehead atoms. The second kappa shape index (κ2) is 10.6. The molecule has 4 aromatic rings. The number of aliphatic carboxylic acids is 1. The van der Waals surface area contributed by atoms with Crippen molar-refractivity contribution in [1.29, 1.82) is 0 Å². The van der Waals surface area contributed by atoms with E-state index in [1.165, 1.54) is 19.2 Å². The van der Waals surface area contributed by atoms with Crippen molar-refractivity contribution in [1.82, 2.24) is 10.3 Å². The number of ether oxygens (including phenoxy) is 2. The molecule has 8 heteroatoms. The number of hydrogen-bond donors (Lipinski definition) is 3.